The Morgan fingerprint density at radius 2 is 1.82 bits per heavy atom. The number of aliphatic hydroxyl groups is 1. The van der Waals surface area contributed by atoms with E-state index in [9.17, 15) is 9.90 Å². The number of carbonyl (C=O) groups excluding carboxylic acids is 1. The molecular weight excluding hydrogens is 222 g/mol. The Balaban J connectivity index is 5.00. The average Bonchev–Trinajstić information content (AvgIpc) is 2.22. The lowest BCUT2D eigenvalue weighted by molar-refractivity contribution is -0.139. The van der Waals surface area contributed by atoms with Gasteiger partial charge >= 0.3 is 0 Å². The molecule has 100 valence electrons. The summed E-state index contributed by atoms with van der Waals surface area (Å²) in [5.74, 6) is -0.422. The molecule has 0 spiro atoms. The molecule has 0 heterocycles. The van der Waals surface area contributed by atoms with Crippen molar-refractivity contribution in [1.29, 1.82) is 0 Å². The highest BCUT2D eigenvalue weighted by atomic mass is 16.4. The molecule has 0 atom stereocenters. The quantitative estimate of drug-likeness (QED) is 0.282. The van der Waals surface area contributed by atoms with Gasteiger partial charge in [-0.15, -0.1) is 0 Å². The van der Waals surface area contributed by atoms with Crippen molar-refractivity contribution in [2.24, 2.45) is 16.3 Å². The van der Waals surface area contributed by atoms with Gasteiger partial charge in [-0.3, -0.25) is 4.79 Å². The zero-order chi connectivity index (χ0) is 13.9. The van der Waals surface area contributed by atoms with Crippen LogP contribution in [0.2, 0.25) is 0 Å². The van der Waals surface area contributed by atoms with E-state index in [4.69, 9.17) is 10.9 Å². The molecule has 0 radical (unpaired) electrons. The maximum absolute atomic E-state index is 12.2. The number of amides is 1. The zero-order valence-electron chi connectivity index (χ0n) is 11.2. The highest BCUT2D eigenvalue weighted by Gasteiger charge is 2.37. The van der Waals surface area contributed by atoms with Crippen LogP contribution in [0.1, 0.15) is 34.6 Å². The van der Waals surface area contributed by atoms with Gasteiger partial charge in [-0.1, -0.05) is 5.16 Å². The standard InChI is InChI=1S/C11H23N3O3/c1-6-14(7-10(2,3)16)9(15)11(4,5)8(12)13-17/h16-17H,6-7H2,1-5H3,(H2,12,13). The van der Waals surface area contributed by atoms with Crippen molar-refractivity contribution >= 4 is 11.7 Å². The fraction of sp³-hybridized carbons (Fsp3) is 0.818. The minimum absolute atomic E-state index is 0.142. The van der Waals surface area contributed by atoms with Gasteiger partial charge in [0.1, 0.15) is 5.41 Å². The minimum atomic E-state index is -1.09. The summed E-state index contributed by atoms with van der Waals surface area (Å²) in [6, 6.07) is 0. The highest BCUT2D eigenvalue weighted by molar-refractivity contribution is 6.05. The number of likely N-dealkylation sites (N-methyl/N-ethyl adjacent to an activating group) is 1. The third-order valence-electron chi connectivity index (χ3n) is 2.53. The summed E-state index contributed by atoms with van der Waals surface area (Å²) in [7, 11) is 0. The van der Waals surface area contributed by atoms with Crippen LogP contribution in [0, 0.1) is 5.41 Å². The summed E-state index contributed by atoms with van der Waals surface area (Å²) in [5, 5.41) is 21.3. The highest BCUT2D eigenvalue weighted by Crippen LogP contribution is 2.20. The van der Waals surface area contributed by atoms with Crippen LogP contribution in [0.4, 0.5) is 0 Å². The van der Waals surface area contributed by atoms with E-state index in [1.807, 2.05) is 6.92 Å². The molecule has 6 nitrogen and oxygen atoms in total. The predicted octanol–water partition coefficient (Wildman–Crippen LogP) is 0.378. The van der Waals surface area contributed by atoms with Gasteiger partial charge in [0.15, 0.2) is 5.84 Å². The number of oxime groups is 1. The topological polar surface area (TPSA) is 99.2 Å². The van der Waals surface area contributed by atoms with Gasteiger partial charge in [0.25, 0.3) is 0 Å². The molecule has 4 N–H and O–H groups in total. The number of hydrogen-bond acceptors (Lipinski definition) is 4. The van der Waals surface area contributed by atoms with Crippen LogP contribution in [0.3, 0.4) is 0 Å². The fourth-order valence-corrected chi connectivity index (χ4v) is 1.42. The number of nitrogens with two attached hydrogens (primary N) is 1. The average molecular weight is 245 g/mol. The molecule has 0 aliphatic rings. The van der Waals surface area contributed by atoms with Crippen molar-refractivity contribution < 1.29 is 15.1 Å². The Morgan fingerprint density at radius 3 is 2.12 bits per heavy atom. The zero-order valence-corrected chi connectivity index (χ0v) is 11.2. The van der Waals surface area contributed by atoms with E-state index in [1.54, 1.807) is 27.7 Å². The van der Waals surface area contributed by atoms with Gasteiger partial charge < -0.3 is 20.9 Å². The molecule has 0 fully saturated rings. The first-order chi connectivity index (χ1) is 7.56. The number of hydrogen-bond donors (Lipinski definition) is 3. The largest absolute Gasteiger partial charge is 0.409 e. The second-order valence-electron chi connectivity index (χ2n) is 5.24. The Labute approximate surface area is 102 Å². The van der Waals surface area contributed by atoms with E-state index in [0.29, 0.717) is 6.54 Å². The van der Waals surface area contributed by atoms with Crippen molar-refractivity contribution in [2.45, 2.75) is 40.2 Å². The molecule has 0 saturated carbocycles. The van der Waals surface area contributed by atoms with Crippen LogP contribution in [-0.4, -0.2) is 45.6 Å². The molecule has 0 unspecified atom stereocenters. The molecule has 0 rings (SSSR count). The van der Waals surface area contributed by atoms with E-state index in [2.05, 4.69) is 5.16 Å². The lowest BCUT2D eigenvalue weighted by Crippen LogP contribution is -2.51. The molecule has 0 aromatic carbocycles. The maximum atomic E-state index is 12.2. The molecule has 0 aliphatic heterocycles. The Bertz CT molecular complexity index is 306. The van der Waals surface area contributed by atoms with Gasteiger partial charge in [0.05, 0.1) is 5.60 Å². The molecule has 0 saturated heterocycles. The number of rotatable bonds is 5. The first-order valence-electron chi connectivity index (χ1n) is 5.56. The van der Waals surface area contributed by atoms with E-state index >= 15 is 0 Å². The molecule has 0 bridgehead atoms. The molecular formula is C11H23N3O3. The Morgan fingerprint density at radius 1 is 1.35 bits per heavy atom. The van der Waals surface area contributed by atoms with Gasteiger partial charge in [0, 0.05) is 13.1 Å². The van der Waals surface area contributed by atoms with E-state index in [0.717, 1.165) is 0 Å². The van der Waals surface area contributed by atoms with Gasteiger partial charge in [0.2, 0.25) is 5.91 Å². The van der Waals surface area contributed by atoms with Gasteiger partial charge in [-0.05, 0) is 34.6 Å². The smallest absolute Gasteiger partial charge is 0.236 e. The molecule has 0 aromatic heterocycles. The maximum Gasteiger partial charge on any atom is 0.236 e. The van der Waals surface area contributed by atoms with Crippen LogP contribution in [-0.2, 0) is 4.79 Å². The summed E-state index contributed by atoms with van der Waals surface area (Å²) in [5.41, 5.74) is 3.43. The molecule has 1 amide bonds. The first-order valence-corrected chi connectivity index (χ1v) is 5.56. The second kappa shape index (κ2) is 5.35. The SMILES string of the molecule is CCN(CC(C)(C)O)C(=O)C(C)(C)C(N)=NO. The van der Waals surface area contributed by atoms with Crippen LogP contribution >= 0.6 is 0 Å². The number of nitrogens with zero attached hydrogens (tertiary/aromatic N) is 2. The molecule has 0 aliphatic carbocycles. The number of amidine groups is 1. The Kier molecular flexibility index (Phi) is 4.94. The normalized spacial score (nSPS) is 13.6. The summed E-state index contributed by atoms with van der Waals surface area (Å²) in [6.45, 7) is 8.87. The van der Waals surface area contributed by atoms with Gasteiger partial charge in [-0.2, -0.15) is 0 Å². The summed E-state index contributed by atoms with van der Waals surface area (Å²) < 4.78 is 0. The number of carbonyl (C=O) groups is 1. The monoisotopic (exact) mass is 245 g/mol. The summed E-state index contributed by atoms with van der Waals surface area (Å²) in [6.07, 6.45) is 0. The van der Waals surface area contributed by atoms with E-state index in [-0.39, 0.29) is 18.3 Å². The van der Waals surface area contributed by atoms with Crippen molar-refractivity contribution in [3.05, 3.63) is 0 Å². The molecule has 17 heavy (non-hydrogen) atoms. The third kappa shape index (κ3) is 4.22. The van der Waals surface area contributed by atoms with Crippen LogP contribution in [0.15, 0.2) is 5.16 Å². The van der Waals surface area contributed by atoms with Crippen molar-refractivity contribution in [3.63, 3.8) is 0 Å². The lowest BCUT2D eigenvalue weighted by atomic mass is 9.89. The first kappa shape index (κ1) is 15.7. The third-order valence-corrected chi connectivity index (χ3v) is 2.53. The minimum Gasteiger partial charge on any atom is -0.409 e. The second-order valence-corrected chi connectivity index (χ2v) is 5.24. The summed E-state index contributed by atoms with van der Waals surface area (Å²) in [4.78, 5) is 13.7. The van der Waals surface area contributed by atoms with Crippen LogP contribution in [0.5, 0.6) is 0 Å². The molecule has 6 heteroatoms. The van der Waals surface area contributed by atoms with Crippen LogP contribution < -0.4 is 5.73 Å². The van der Waals surface area contributed by atoms with Gasteiger partial charge in [-0.25, -0.2) is 0 Å². The van der Waals surface area contributed by atoms with Crippen molar-refractivity contribution in [3.8, 4) is 0 Å². The predicted molar refractivity (Wildman–Crippen MR) is 65.7 cm³/mol. The van der Waals surface area contributed by atoms with Crippen molar-refractivity contribution in [2.75, 3.05) is 13.1 Å². The van der Waals surface area contributed by atoms with Crippen molar-refractivity contribution in [1.82, 2.24) is 4.90 Å². The fourth-order valence-electron chi connectivity index (χ4n) is 1.42. The molecule has 0 aromatic rings. The summed E-state index contributed by atoms with van der Waals surface area (Å²) >= 11 is 0. The Hall–Kier alpha value is -1.30. The van der Waals surface area contributed by atoms with E-state index in [1.165, 1.54) is 4.90 Å². The van der Waals surface area contributed by atoms with Crippen LogP contribution in [0.25, 0.3) is 0 Å². The van der Waals surface area contributed by atoms with E-state index < -0.39 is 11.0 Å². The lowest BCUT2D eigenvalue weighted by Gasteiger charge is -2.33.